The van der Waals surface area contributed by atoms with Crippen molar-refractivity contribution in [2.45, 2.75) is 40.7 Å². The van der Waals surface area contributed by atoms with Crippen molar-refractivity contribution < 1.29 is 4.74 Å². The van der Waals surface area contributed by atoms with Crippen molar-refractivity contribution >= 4 is 0 Å². The SMILES string of the molecule is CC.Cc1nc(C)c2c(n1)COCC2. The average Bonchev–Trinajstić information content (AvgIpc) is 2.20. The van der Waals surface area contributed by atoms with E-state index in [9.17, 15) is 0 Å². The molecule has 0 aromatic carbocycles. The number of rotatable bonds is 0. The third kappa shape index (κ3) is 2.29. The zero-order valence-corrected chi connectivity index (χ0v) is 9.42. The van der Waals surface area contributed by atoms with Crippen LogP contribution in [0.2, 0.25) is 0 Å². The lowest BCUT2D eigenvalue weighted by atomic mass is 10.1. The molecule has 3 nitrogen and oxygen atoms in total. The predicted octanol–water partition coefficient (Wildman–Crippen LogP) is 2.19. The Morgan fingerprint density at radius 2 is 1.86 bits per heavy atom. The Kier molecular flexibility index (Phi) is 4.01. The van der Waals surface area contributed by atoms with E-state index in [1.165, 1.54) is 5.56 Å². The first-order valence-electron chi connectivity index (χ1n) is 5.18. The maximum atomic E-state index is 5.32. The molecule has 78 valence electrons. The monoisotopic (exact) mass is 194 g/mol. The van der Waals surface area contributed by atoms with Crippen LogP contribution in [-0.4, -0.2) is 16.6 Å². The molecular weight excluding hydrogens is 176 g/mol. The normalized spacial score (nSPS) is 14.0. The number of fused-ring (bicyclic) bond motifs is 1. The standard InChI is InChI=1S/C9H12N2O.C2H6/c1-6-8-3-4-12-5-9(8)11-7(2)10-6;1-2/h3-5H2,1-2H3;1-2H3. The molecule has 1 aliphatic heterocycles. The Labute approximate surface area is 85.5 Å². The quantitative estimate of drug-likeness (QED) is 0.635. The molecule has 0 spiro atoms. The molecule has 0 bridgehead atoms. The summed E-state index contributed by atoms with van der Waals surface area (Å²) in [5.41, 5.74) is 3.47. The number of nitrogens with zero attached hydrogens (tertiary/aromatic N) is 2. The van der Waals surface area contributed by atoms with Crippen LogP contribution in [0.25, 0.3) is 0 Å². The summed E-state index contributed by atoms with van der Waals surface area (Å²) in [4.78, 5) is 8.66. The Hall–Kier alpha value is -0.960. The highest BCUT2D eigenvalue weighted by molar-refractivity contribution is 5.26. The summed E-state index contributed by atoms with van der Waals surface area (Å²) in [5, 5.41) is 0. The topological polar surface area (TPSA) is 35.0 Å². The third-order valence-corrected chi connectivity index (χ3v) is 2.15. The van der Waals surface area contributed by atoms with Gasteiger partial charge in [-0.3, -0.25) is 0 Å². The van der Waals surface area contributed by atoms with E-state index in [1.54, 1.807) is 0 Å². The van der Waals surface area contributed by atoms with Crippen LogP contribution in [0.5, 0.6) is 0 Å². The first kappa shape index (κ1) is 11.1. The van der Waals surface area contributed by atoms with Crippen LogP contribution in [0.3, 0.4) is 0 Å². The molecule has 0 saturated heterocycles. The van der Waals surface area contributed by atoms with Gasteiger partial charge in [0.2, 0.25) is 0 Å². The molecule has 0 N–H and O–H groups in total. The number of aromatic nitrogens is 2. The van der Waals surface area contributed by atoms with Crippen LogP contribution in [0, 0.1) is 13.8 Å². The molecule has 14 heavy (non-hydrogen) atoms. The van der Waals surface area contributed by atoms with Crippen LogP contribution < -0.4 is 0 Å². The van der Waals surface area contributed by atoms with Crippen LogP contribution >= 0.6 is 0 Å². The highest BCUT2D eigenvalue weighted by atomic mass is 16.5. The maximum absolute atomic E-state index is 5.32. The second-order valence-corrected chi connectivity index (χ2v) is 3.08. The molecule has 1 aromatic rings. The van der Waals surface area contributed by atoms with Crippen molar-refractivity contribution in [3.63, 3.8) is 0 Å². The van der Waals surface area contributed by atoms with Crippen molar-refractivity contribution in [2.75, 3.05) is 6.61 Å². The second kappa shape index (κ2) is 5.05. The Balaban J connectivity index is 0.000000461. The molecule has 2 heterocycles. The summed E-state index contributed by atoms with van der Waals surface area (Å²) in [5.74, 6) is 0.844. The van der Waals surface area contributed by atoms with Gasteiger partial charge in [0, 0.05) is 5.69 Å². The summed E-state index contributed by atoms with van der Waals surface area (Å²) in [6.45, 7) is 9.42. The molecule has 1 aliphatic rings. The fraction of sp³-hybridized carbons (Fsp3) is 0.636. The third-order valence-electron chi connectivity index (χ3n) is 2.15. The molecule has 0 unspecified atom stereocenters. The lowest BCUT2D eigenvalue weighted by Gasteiger charge is -2.17. The van der Waals surface area contributed by atoms with Gasteiger partial charge in [-0.1, -0.05) is 13.8 Å². The number of hydrogen-bond acceptors (Lipinski definition) is 3. The summed E-state index contributed by atoms with van der Waals surface area (Å²) in [6, 6.07) is 0. The van der Waals surface area contributed by atoms with Crippen molar-refractivity contribution in [3.8, 4) is 0 Å². The Bertz CT molecular complexity index is 310. The van der Waals surface area contributed by atoms with Gasteiger partial charge in [0.15, 0.2) is 0 Å². The van der Waals surface area contributed by atoms with Crippen LogP contribution in [0.4, 0.5) is 0 Å². The Morgan fingerprint density at radius 1 is 1.14 bits per heavy atom. The molecule has 1 aromatic heterocycles. The molecule has 0 fully saturated rings. The van der Waals surface area contributed by atoms with Crippen LogP contribution in [0.1, 0.15) is 36.6 Å². The van der Waals surface area contributed by atoms with Gasteiger partial charge in [-0.15, -0.1) is 0 Å². The van der Waals surface area contributed by atoms with E-state index in [4.69, 9.17) is 4.74 Å². The van der Waals surface area contributed by atoms with E-state index in [2.05, 4.69) is 9.97 Å². The minimum atomic E-state index is 0.652. The number of hydrogen-bond donors (Lipinski definition) is 0. The van der Waals surface area contributed by atoms with E-state index in [0.29, 0.717) is 6.61 Å². The van der Waals surface area contributed by atoms with E-state index in [-0.39, 0.29) is 0 Å². The maximum Gasteiger partial charge on any atom is 0.125 e. The van der Waals surface area contributed by atoms with E-state index >= 15 is 0 Å². The Morgan fingerprint density at radius 3 is 2.57 bits per heavy atom. The van der Waals surface area contributed by atoms with Gasteiger partial charge in [-0.2, -0.15) is 0 Å². The number of ether oxygens (including phenoxy) is 1. The van der Waals surface area contributed by atoms with Crippen LogP contribution in [0.15, 0.2) is 0 Å². The zero-order valence-electron chi connectivity index (χ0n) is 9.42. The van der Waals surface area contributed by atoms with E-state index < -0.39 is 0 Å². The highest BCUT2D eigenvalue weighted by Crippen LogP contribution is 2.16. The van der Waals surface area contributed by atoms with Crippen molar-refractivity contribution in [1.82, 2.24) is 9.97 Å². The van der Waals surface area contributed by atoms with Gasteiger partial charge in [-0.05, 0) is 25.8 Å². The lowest BCUT2D eigenvalue weighted by Crippen LogP contribution is -2.15. The lowest BCUT2D eigenvalue weighted by molar-refractivity contribution is 0.106. The van der Waals surface area contributed by atoms with E-state index in [0.717, 1.165) is 30.2 Å². The van der Waals surface area contributed by atoms with Gasteiger partial charge >= 0.3 is 0 Å². The molecule has 0 radical (unpaired) electrons. The molecule has 3 heteroatoms. The summed E-state index contributed by atoms with van der Waals surface area (Å²) < 4.78 is 5.32. The van der Waals surface area contributed by atoms with Crippen molar-refractivity contribution in [2.24, 2.45) is 0 Å². The summed E-state index contributed by atoms with van der Waals surface area (Å²) >= 11 is 0. The van der Waals surface area contributed by atoms with Gasteiger partial charge in [-0.25, -0.2) is 9.97 Å². The largest absolute Gasteiger partial charge is 0.375 e. The number of aryl methyl sites for hydroxylation is 2. The molecule has 0 aliphatic carbocycles. The molecule has 0 atom stereocenters. The fourth-order valence-corrected chi connectivity index (χ4v) is 1.59. The molecule has 0 amide bonds. The minimum absolute atomic E-state index is 0.652. The average molecular weight is 194 g/mol. The second-order valence-electron chi connectivity index (χ2n) is 3.08. The van der Waals surface area contributed by atoms with Gasteiger partial charge in [0.1, 0.15) is 5.82 Å². The first-order chi connectivity index (χ1) is 6.77. The van der Waals surface area contributed by atoms with Crippen molar-refractivity contribution in [3.05, 3.63) is 22.8 Å². The van der Waals surface area contributed by atoms with E-state index in [1.807, 2.05) is 27.7 Å². The molecule has 2 rings (SSSR count). The van der Waals surface area contributed by atoms with Gasteiger partial charge in [0.05, 0.1) is 18.9 Å². The van der Waals surface area contributed by atoms with Crippen LogP contribution in [-0.2, 0) is 17.8 Å². The minimum Gasteiger partial charge on any atom is -0.375 e. The first-order valence-corrected chi connectivity index (χ1v) is 5.18. The summed E-state index contributed by atoms with van der Waals surface area (Å²) in [6.07, 6.45) is 0.960. The van der Waals surface area contributed by atoms with Crippen molar-refractivity contribution in [1.29, 1.82) is 0 Å². The smallest absolute Gasteiger partial charge is 0.125 e. The molecular formula is C11H18N2O. The highest BCUT2D eigenvalue weighted by Gasteiger charge is 2.13. The summed E-state index contributed by atoms with van der Waals surface area (Å²) in [7, 11) is 0. The van der Waals surface area contributed by atoms with Gasteiger partial charge in [0.25, 0.3) is 0 Å². The molecule has 0 saturated carbocycles. The zero-order chi connectivity index (χ0) is 10.6. The predicted molar refractivity (Wildman–Crippen MR) is 56.2 cm³/mol. The van der Waals surface area contributed by atoms with Gasteiger partial charge < -0.3 is 4.74 Å². The fourth-order valence-electron chi connectivity index (χ4n) is 1.59.